The molecular weight excluding hydrogens is 431 g/mol. The van der Waals surface area contributed by atoms with Crippen molar-refractivity contribution in [2.24, 2.45) is 0 Å². The molecule has 0 N–H and O–H groups in total. The first-order chi connectivity index (χ1) is 14.9. The lowest BCUT2D eigenvalue weighted by Gasteiger charge is -2.33. The number of sulfonamides is 1. The minimum atomic E-state index is -4.10. The van der Waals surface area contributed by atoms with Crippen LogP contribution < -0.4 is 4.90 Å². The molecule has 2 aromatic carbocycles. The minimum Gasteiger partial charge on any atom is -0.274 e. The quantitative estimate of drug-likeness (QED) is 0.606. The van der Waals surface area contributed by atoms with E-state index in [0.29, 0.717) is 17.5 Å². The van der Waals surface area contributed by atoms with Crippen molar-refractivity contribution in [3.05, 3.63) is 58.4 Å². The van der Waals surface area contributed by atoms with Crippen molar-refractivity contribution in [2.45, 2.75) is 71.4 Å². The summed E-state index contributed by atoms with van der Waals surface area (Å²) < 4.78 is 42.5. The molecule has 32 heavy (non-hydrogen) atoms. The summed E-state index contributed by atoms with van der Waals surface area (Å²) in [7, 11) is -4.10. The van der Waals surface area contributed by atoms with Gasteiger partial charge in [-0.15, -0.1) is 0 Å². The van der Waals surface area contributed by atoms with E-state index in [9.17, 15) is 22.4 Å². The standard InChI is InChI=1S/C24H29FN2O4S/c1-7-16(4)27(32(30,31)23-17(5)14(2)12-15(3)18(23)6)21-13-22(28)26(24(21)29)20-10-8-19(25)9-11-20/h8-12,16,21H,7,13H2,1-6H3. The summed E-state index contributed by atoms with van der Waals surface area (Å²) in [5.74, 6) is -1.62. The van der Waals surface area contributed by atoms with Gasteiger partial charge in [-0.05, 0) is 87.6 Å². The summed E-state index contributed by atoms with van der Waals surface area (Å²) in [6.07, 6.45) is 0.208. The molecule has 8 heteroatoms. The number of hydrogen-bond acceptors (Lipinski definition) is 4. The smallest absolute Gasteiger partial charge is 0.252 e. The molecule has 1 aliphatic rings. The Bertz CT molecular complexity index is 1150. The highest BCUT2D eigenvalue weighted by Gasteiger charge is 2.49. The van der Waals surface area contributed by atoms with Crippen LogP contribution in [0.4, 0.5) is 10.1 Å². The third-order valence-electron chi connectivity index (χ3n) is 6.37. The zero-order valence-corrected chi connectivity index (χ0v) is 20.1. The van der Waals surface area contributed by atoms with Crippen LogP contribution in [0, 0.1) is 33.5 Å². The van der Waals surface area contributed by atoms with Crippen molar-refractivity contribution in [3.8, 4) is 0 Å². The number of aryl methyl sites for hydroxylation is 2. The summed E-state index contributed by atoms with van der Waals surface area (Å²) in [4.78, 5) is 27.3. The number of imide groups is 1. The molecule has 1 aliphatic heterocycles. The van der Waals surface area contributed by atoms with Crippen molar-refractivity contribution in [2.75, 3.05) is 4.90 Å². The second kappa shape index (κ2) is 8.75. The molecular formula is C24H29FN2O4S. The maximum absolute atomic E-state index is 14.0. The van der Waals surface area contributed by atoms with Crippen LogP contribution in [-0.4, -0.2) is 36.6 Å². The van der Waals surface area contributed by atoms with Gasteiger partial charge in [-0.25, -0.2) is 17.7 Å². The van der Waals surface area contributed by atoms with E-state index in [1.807, 2.05) is 26.8 Å². The van der Waals surface area contributed by atoms with E-state index in [1.165, 1.54) is 16.4 Å². The van der Waals surface area contributed by atoms with Gasteiger partial charge < -0.3 is 0 Å². The topological polar surface area (TPSA) is 74.8 Å². The number of carbonyl (C=O) groups is 2. The van der Waals surface area contributed by atoms with Crippen LogP contribution >= 0.6 is 0 Å². The summed E-state index contributed by atoms with van der Waals surface area (Å²) in [6, 6.07) is 5.28. The first-order valence-electron chi connectivity index (χ1n) is 10.6. The van der Waals surface area contributed by atoms with Crippen LogP contribution in [-0.2, 0) is 19.6 Å². The van der Waals surface area contributed by atoms with Crippen molar-refractivity contribution < 1.29 is 22.4 Å². The summed E-state index contributed by atoms with van der Waals surface area (Å²) >= 11 is 0. The van der Waals surface area contributed by atoms with Gasteiger partial charge in [0.05, 0.1) is 17.0 Å². The minimum absolute atomic E-state index is 0.191. The molecule has 1 saturated heterocycles. The molecule has 2 unspecified atom stereocenters. The number of nitrogens with zero attached hydrogens (tertiary/aromatic N) is 2. The van der Waals surface area contributed by atoms with Crippen LogP contribution in [0.5, 0.6) is 0 Å². The van der Waals surface area contributed by atoms with Crippen LogP contribution in [0.25, 0.3) is 0 Å². The van der Waals surface area contributed by atoms with E-state index in [-0.39, 0.29) is 17.0 Å². The van der Waals surface area contributed by atoms with Gasteiger partial charge in [0.25, 0.3) is 5.91 Å². The maximum Gasteiger partial charge on any atom is 0.252 e. The van der Waals surface area contributed by atoms with Crippen molar-refractivity contribution in [1.82, 2.24) is 4.31 Å². The molecule has 0 spiro atoms. The molecule has 0 bridgehead atoms. The predicted octanol–water partition coefficient (Wildman–Crippen LogP) is 4.18. The lowest BCUT2D eigenvalue weighted by molar-refractivity contribution is -0.122. The highest BCUT2D eigenvalue weighted by Crippen LogP contribution is 2.35. The van der Waals surface area contributed by atoms with Gasteiger partial charge in [-0.3, -0.25) is 9.59 Å². The molecule has 6 nitrogen and oxygen atoms in total. The first-order valence-corrected chi connectivity index (χ1v) is 12.1. The number of carbonyl (C=O) groups excluding carboxylic acids is 2. The number of hydrogen-bond donors (Lipinski definition) is 0. The molecule has 0 radical (unpaired) electrons. The largest absolute Gasteiger partial charge is 0.274 e. The molecule has 0 saturated carbocycles. The lowest BCUT2D eigenvalue weighted by Crippen LogP contribution is -2.49. The number of amides is 2. The van der Waals surface area contributed by atoms with Crippen LogP contribution in [0.3, 0.4) is 0 Å². The van der Waals surface area contributed by atoms with E-state index >= 15 is 0 Å². The van der Waals surface area contributed by atoms with Gasteiger partial charge in [0.15, 0.2) is 0 Å². The predicted molar refractivity (Wildman–Crippen MR) is 121 cm³/mol. The summed E-state index contributed by atoms with van der Waals surface area (Å²) in [5.41, 5.74) is 3.18. The van der Waals surface area contributed by atoms with Gasteiger partial charge in [0.1, 0.15) is 11.9 Å². The van der Waals surface area contributed by atoms with Gasteiger partial charge in [0, 0.05) is 6.04 Å². The van der Waals surface area contributed by atoms with E-state index in [0.717, 1.165) is 28.2 Å². The molecule has 0 aromatic heterocycles. The normalized spacial score (nSPS) is 18.0. The highest BCUT2D eigenvalue weighted by atomic mass is 32.2. The van der Waals surface area contributed by atoms with Crippen molar-refractivity contribution in [1.29, 1.82) is 0 Å². The second-order valence-corrected chi connectivity index (χ2v) is 10.2. The van der Waals surface area contributed by atoms with Crippen LogP contribution in [0.1, 0.15) is 48.9 Å². The fourth-order valence-electron chi connectivity index (χ4n) is 4.24. The van der Waals surface area contributed by atoms with Crippen LogP contribution in [0.15, 0.2) is 35.2 Å². The van der Waals surface area contributed by atoms with E-state index < -0.39 is 39.7 Å². The highest BCUT2D eigenvalue weighted by molar-refractivity contribution is 7.89. The Balaban J connectivity index is 2.13. The van der Waals surface area contributed by atoms with Crippen molar-refractivity contribution in [3.63, 3.8) is 0 Å². The fraction of sp³-hybridized carbons (Fsp3) is 0.417. The molecule has 2 aromatic rings. The van der Waals surface area contributed by atoms with Crippen LogP contribution in [0.2, 0.25) is 0 Å². The van der Waals surface area contributed by atoms with E-state index in [1.54, 1.807) is 20.8 Å². The Labute approximate surface area is 189 Å². The monoisotopic (exact) mass is 460 g/mol. The molecule has 1 heterocycles. The van der Waals surface area contributed by atoms with Gasteiger partial charge >= 0.3 is 0 Å². The number of anilines is 1. The number of halogens is 1. The summed E-state index contributed by atoms with van der Waals surface area (Å²) in [5, 5.41) is 0. The van der Waals surface area contributed by atoms with Gasteiger partial charge in [-0.2, -0.15) is 4.31 Å². The fourth-order valence-corrected chi connectivity index (χ4v) is 6.67. The molecule has 2 amide bonds. The molecule has 2 atom stereocenters. The average molecular weight is 461 g/mol. The SMILES string of the molecule is CCC(C)N(C1CC(=O)N(c2ccc(F)cc2)C1=O)S(=O)(=O)c1c(C)c(C)cc(C)c1C. The van der Waals surface area contributed by atoms with E-state index in [4.69, 9.17) is 0 Å². The Kier molecular flexibility index (Phi) is 6.58. The Morgan fingerprint density at radius 2 is 1.59 bits per heavy atom. The van der Waals surface area contributed by atoms with Gasteiger partial charge in [0.2, 0.25) is 15.9 Å². The molecule has 3 rings (SSSR count). The lowest BCUT2D eigenvalue weighted by atomic mass is 10.0. The zero-order chi connectivity index (χ0) is 24.0. The molecule has 0 aliphatic carbocycles. The molecule has 1 fully saturated rings. The third-order valence-corrected chi connectivity index (χ3v) is 8.67. The maximum atomic E-state index is 14.0. The first kappa shape index (κ1) is 24.1. The summed E-state index contributed by atoms with van der Waals surface area (Å²) in [6.45, 7) is 10.8. The second-order valence-electron chi connectivity index (χ2n) is 8.45. The Hall–Kier alpha value is -2.58. The van der Waals surface area contributed by atoms with Gasteiger partial charge in [-0.1, -0.05) is 13.0 Å². The molecule has 172 valence electrons. The number of benzene rings is 2. The zero-order valence-electron chi connectivity index (χ0n) is 19.3. The van der Waals surface area contributed by atoms with Crippen molar-refractivity contribution >= 4 is 27.5 Å². The number of rotatable bonds is 6. The average Bonchev–Trinajstić information content (AvgIpc) is 3.00. The van der Waals surface area contributed by atoms with E-state index in [2.05, 4.69) is 0 Å². The Morgan fingerprint density at radius 3 is 2.09 bits per heavy atom. The third kappa shape index (κ3) is 3.97. The Morgan fingerprint density at radius 1 is 1.06 bits per heavy atom.